The molecule has 1 rings (SSSR count). The van der Waals surface area contributed by atoms with Gasteiger partial charge in [-0.2, -0.15) is 0 Å². The highest BCUT2D eigenvalue weighted by Gasteiger charge is 2.34. The summed E-state index contributed by atoms with van der Waals surface area (Å²) in [6, 6.07) is 0. The van der Waals surface area contributed by atoms with Crippen LogP contribution in [-0.2, 0) is 14.3 Å². The van der Waals surface area contributed by atoms with Gasteiger partial charge in [-0.15, -0.1) is 0 Å². The van der Waals surface area contributed by atoms with Crippen LogP contribution in [0.2, 0.25) is 0 Å². The van der Waals surface area contributed by atoms with Crippen molar-refractivity contribution in [3.63, 3.8) is 0 Å². The number of carbonyl (C=O) groups is 1. The zero-order valence-electron chi connectivity index (χ0n) is 12.0. The number of ether oxygens (including phenoxy) is 2. The molecule has 0 aliphatic heterocycles. The molecule has 0 aromatic rings. The first kappa shape index (κ1) is 15.4. The molecule has 1 aliphatic rings. The lowest BCUT2D eigenvalue weighted by molar-refractivity contribution is -0.151. The van der Waals surface area contributed by atoms with Crippen LogP contribution < -0.4 is 5.32 Å². The maximum absolute atomic E-state index is 11.8. The highest BCUT2D eigenvalue weighted by atomic mass is 16.5. The number of likely N-dealkylation sites (N-methyl/N-ethyl adjacent to an activating group) is 1. The van der Waals surface area contributed by atoms with E-state index in [4.69, 9.17) is 9.47 Å². The molecule has 4 heteroatoms. The number of hydrogen-bond donors (Lipinski definition) is 1. The molecule has 1 atom stereocenters. The van der Waals surface area contributed by atoms with Crippen molar-refractivity contribution >= 4 is 5.97 Å². The lowest BCUT2D eigenvalue weighted by Crippen LogP contribution is -2.54. The van der Waals surface area contributed by atoms with Crippen LogP contribution >= 0.6 is 0 Å². The minimum atomic E-state index is -0.726. The van der Waals surface area contributed by atoms with Crippen LogP contribution in [0.5, 0.6) is 0 Å². The average Bonchev–Trinajstić information content (AvgIpc) is 2.64. The summed E-state index contributed by atoms with van der Waals surface area (Å²) < 4.78 is 10.8. The van der Waals surface area contributed by atoms with Gasteiger partial charge in [0.15, 0.2) is 0 Å². The second-order valence-electron chi connectivity index (χ2n) is 5.28. The summed E-state index contributed by atoms with van der Waals surface area (Å²) in [5.74, 6) is -0.252. The van der Waals surface area contributed by atoms with Crippen LogP contribution in [-0.4, -0.2) is 37.9 Å². The highest BCUT2D eigenvalue weighted by molar-refractivity contribution is 5.80. The molecule has 1 fully saturated rings. The summed E-state index contributed by atoms with van der Waals surface area (Å²) in [5.41, 5.74) is -0.726. The van der Waals surface area contributed by atoms with Crippen LogP contribution in [0.15, 0.2) is 0 Å². The summed E-state index contributed by atoms with van der Waals surface area (Å²) >= 11 is 0. The predicted molar refractivity (Wildman–Crippen MR) is 71.5 cm³/mol. The molecule has 1 aliphatic carbocycles. The fourth-order valence-corrected chi connectivity index (χ4v) is 2.49. The van der Waals surface area contributed by atoms with E-state index < -0.39 is 5.54 Å². The Hall–Kier alpha value is -0.610. The Morgan fingerprint density at radius 1 is 1.28 bits per heavy atom. The smallest absolute Gasteiger partial charge is 0.328 e. The zero-order valence-corrected chi connectivity index (χ0v) is 12.0. The van der Waals surface area contributed by atoms with Gasteiger partial charge in [0.05, 0.1) is 19.8 Å². The molecule has 4 nitrogen and oxygen atoms in total. The lowest BCUT2D eigenvalue weighted by atomic mass is 10.0. The number of rotatable bonds is 6. The summed E-state index contributed by atoms with van der Waals surface area (Å²) in [6.07, 6.45) is 7.62. The fourth-order valence-electron chi connectivity index (χ4n) is 2.49. The summed E-state index contributed by atoms with van der Waals surface area (Å²) in [7, 11) is 1.42. The maximum Gasteiger partial charge on any atom is 0.328 e. The average molecular weight is 257 g/mol. The Labute approximate surface area is 110 Å². The van der Waals surface area contributed by atoms with E-state index in [1.807, 2.05) is 13.8 Å². The van der Waals surface area contributed by atoms with Crippen molar-refractivity contribution in [1.82, 2.24) is 5.32 Å². The Morgan fingerprint density at radius 3 is 2.39 bits per heavy atom. The molecule has 1 N–H and O–H groups in total. The molecule has 0 amide bonds. The van der Waals surface area contributed by atoms with Crippen LogP contribution in [0.25, 0.3) is 0 Å². The molecular formula is C14H27NO3. The second kappa shape index (κ2) is 7.74. The summed E-state index contributed by atoms with van der Waals surface area (Å²) in [6.45, 7) is 4.93. The summed E-state index contributed by atoms with van der Waals surface area (Å²) in [4.78, 5) is 11.8. The van der Waals surface area contributed by atoms with Crippen molar-refractivity contribution in [3.8, 4) is 0 Å². The first-order valence-corrected chi connectivity index (χ1v) is 7.07. The van der Waals surface area contributed by atoms with Crippen molar-refractivity contribution in [3.05, 3.63) is 0 Å². The second-order valence-corrected chi connectivity index (χ2v) is 5.28. The lowest BCUT2D eigenvalue weighted by Gasteiger charge is -2.29. The highest BCUT2D eigenvalue weighted by Crippen LogP contribution is 2.21. The number of carbonyl (C=O) groups excluding carboxylic acids is 1. The predicted octanol–water partition coefficient (Wildman–Crippen LogP) is 2.27. The van der Waals surface area contributed by atoms with Gasteiger partial charge in [0.2, 0.25) is 0 Å². The molecule has 0 radical (unpaired) electrons. The van der Waals surface area contributed by atoms with Gasteiger partial charge in [-0.1, -0.05) is 32.6 Å². The SMILES string of the molecule is CCNC(C)(COC1CCCCCC1)C(=O)OC. The number of hydrogen-bond acceptors (Lipinski definition) is 4. The number of nitrogens with one attached hydrogen (secondary N) is 1. The molecule has 0 aromatic carbocycles. The largest absolute Gasteiger partial charge is 0.468 e. The maximum atomic E-state index is 11.8. The van der Waals surface area contributed by atoms with Gasteiger partial charge in [-0.25, -0.2) is 4.79 Å². The quantitative estimate of drug-likeness (QED) is 0.586. The van der Waals surface area contributed by atoms with E-state index in [1.165, 1.54) is 32.8 Å². The van der Waals surface area contributed by atoms with Gasteiger partial charge in [-0.3, -0.25) is 0 Å². The van der Waals surface area contributed by atoms with E-state index in [1.54, 1.807) is 0 Å². The van der Waals surface area contributed by atoms with E-state index in [0.717, 1.165) is 19.4 Å². The standard InChI is InChI=1S/C14H27NO3/c1-4-15-14(2,13(16)17-3)11-18-12-9-7-5-6-8-10-12/h12,15H,4-11H2,1-3H3. The summed E-state index contributed by atoms with van der Waals surface area (Å²) in [5, 5.41) is 3.17. The molecule has 1 saturated carbocycles. The molecule has 0 bridgehead atoms. The van der Waals surface area contributed by atoms with E-state index >= 15 is 0 Å². The Balaban J connectivity index is 2.47. The van der Waals surface area contributed by atoms with Gasteiger partial charge in [0, 0.05) is 0 Å². The molecule has 106 valence electrons. The zero-order chi connectivity index (χ0) is 13.4. The molecule has 0 aromatic heterocycles. The van der Waals surface area contributed by atoms with Crippen LogP contribution in [0.4, 0.5) is 0 Å². The van der Waals surface area contributed by atoms with Crippen molar-refractivity contribution < 1.29 is 14.3 Å². The minimum absolute atomic E-state index is 0.252. The molecular weight excluding hydrogens is 230 g/mol. The topological polar surface area (TPSA) is 47.6 Å². The van der Waals surface area contributed by atoms with Gasteiger partial charge < -0.3 is 14.8 Å². The van der Waals surface area contributed by atoms with Crippen LogP contribution in [0.3, 0.4) is 0 Å². The van der Waals surface area contributed by atoms with E-state index in [9.17, 15) is 4.79 Å². The molecule has 0 spiro atoms. The third kappa shape index (κ3) is 4.58. The molecule has 0 saturated heterocycles. The van der Waals surface area contributed by atoms with Gasteiger partial charge >= 0.3 is 5.97 Å². The number of esters is 1. The fraction of sp³-hybridized carbons (Fsp3) is 0.929. The third-order valence-corrected chi connectivity index (χ3v) is 3.61. The normalized spacial score (nSPS) is 21.1. The van der Waals surface area contributed by atoms with E-state index in [-0.39, 0.29) is 5.97 Å². The molecule has 1 unspecified atom stereocenters. The van der Waals surface area contributed by atoms with Gasteiger partial charge in [0.1, 0.15) is 5.54 Å². The van der Waals surface area contributed by atoms with E-state index in [2.05, 4.69) is 5.32 Å². The van der Waals surface area contributed by atoms with Crippen molar-refractivity contribution in [2.75, 3.05) is 20.3 Å². The van der Waals surface area contributed by atoms with E-state index in [0.29, 0.717) is 12.7 Å². The monoisotopic (exact) mass is 257 g/mol. The minimum Gasteiger partial charge on any atom is -0.468 e. The van der Waals surface area contributed by atoms with Crippen molar-refractivity contribution in [1.29, 1.82) is 0 Å². The first-order valence-electron chi connectivity index (χ1n) is 7.07. The van der Waals surface area contributed by atoms with Crippen LogP contribution in [0.1, 0.15) is 52.4 Å². The van der Waals surface area contributed by atoms with Gasteiger partial charge in [-0.05, 0) is 26.3 Å². The Bertz CT molecular complexity index is 249. The van der Waals surface area contributed by atoms with Crippen molar-refractivity contribution in [2.45, 2.75) is 64.0 Å². The third-order valence-electron chi connectivity index (χ3n) is 3.61. The van der Waals surface area contributed by atoms with Gasteiger partial charge in [0.25, 0.3) is 0 Å². The Morgan fingerprint density at radius 2 is 1.89 bits per heavy atom. The molecule has 18 heavy (non-hydrogen) atoms. The van der Waals surface area contributed by atoms with Crippen LogP contribution in [0, 0.1) is 0 Å². The first-order chi connectivity index (χ1) is 8.62. The van der Waals surface area contributed by atoms with Crippen molar-refractivity contribution in [2.24, 2.45) is 0 Å². The Kier molecular flexibility index (Phi) is 6.65. The molecule has 0 heterocycles. The number of methoxy groups -OCH3 is 1.